The molecule has 4 heteroatoms. The van der Waals surface area contributed by atoms with Crippen molar-refractivity contribution in [1.29, 1.82) is 0 Å². The van der Waals surface area contributed by atoms with E-state index < -0.39 is 0 Å². The smallest absolute Gasteiger partial charge is 0.136 e. The first-order valence-corrected chi connectivity index (χ1v) is 5.68. The molecule has 0 saturated carbocycles. The van der Waals surface area contributed by atoms with Crippen molar-refractivity contribution in [2.24, 2.45) is 0 Å². The van der Waals surface area contributed by atoms with E-state index in [1.165, 1.54) is 13.2 Å². The lowest BCUT2D eigenvalue weighted by molar-refractivity contribution is 0.411. The largest absolute Gasteiger partial charge is 0.497 e. The number of hydrogen-bond donors (Lipinski definition) is 1. The predicted molar refractivity (Wildman–Crippen MR) is 68.9 cm³/mol. The van der Waals surface area contributed by atoms with Crippen molar-refractivity contribution in [3.05, 3.63) is 47.9 Å². The van der Waals surface area contributed by atoms with Gasteiger partial charge >= 0.3 is 0 Å². The molecule has 3 nitrogen and oxygen atoms in total. The average Bonchev–Trinajstić information content (AvgIpc) is 2.40. The highest BCUT2D eigenvalue weighted by Crippen LogP contribution is 2.24. The summed E-state index contributed by atoms with van der Waals surface area (Å²) < 4.78 is 18.8. The van der Waals surface area contributed by atoms with Gasteiger partial charge in [-0.25, -0.2) is 4.39 Å². The third-order valence-corrected chi connectivity index (χ3v) is 2.66. The van der Waals surface area contributed by atoms with Gasteiger partial charge in [0.15, 0.2) is 0 Å². The highest BCUT2D eigenvalue weighted by Gasteiger charge is 2.07. The van der Waals surface area contributed by atoms with E-state index in [1.54, 1.807) is 18.3 Å². The second kappa shape index (κ2) is 5.60. The van der Waals surface area contributed by atoms with Gasteiger partial charge in [-0.05, 0) is 30.8 Å². The van der Waals surface area contributed by atoms with Gasteiger partial charge in [-0.15, -0.1) is 0 Å². The van der Waals surface area contributed by atoms with E-state index in [4.69, 9.17) is 4.74 Å². The van der Waals surface area contributed by atoms with Crippen molar-refractivity contribution in [2.45, 2.75) is 6.54 Å². The Hall–Kier alpha value is -1.94. The minimum atomic E-state index is -0.330. The molecule has 1 aromatic heterocycles. The van der Waals surface area contributed by atoms with E-state index in [0.717, 1.165) is 12.1 Å². The van der Waals surface area contributed by atoms with Gasteiger partial charge in [0.05, 0.1) is 12.8 Å². The van der Waals surface area contributed by atoms with Gasteiger partial charge in [-0.3, -0.25) is 4.98 Å². The van der Waals surface area contributed by atoms with Gasteiger partial charge in [-0.1, -0.05) is 6.07 Å². The fourth-order valence-electron chi connectivity index (χ4n) is 1.72. The van der Waals surface area contributed by atoms with Gasteiger partial charge in [0.1, 0.15) is 11.6 Å². The van der Waals surface area contributed by atoms with Crippen molar-refractivity contribution >= 4 is 0 Å². The molecule has 0 aliphatic rings. The maximum Gasteiger partial charge on any atom is 0.136 e. The zero-order valence-electron chi connectivity index (χ0n) is 10.4. The first-order chi connectivity index (χ1) is 8.74. The van der Waals surface area contributed by atoms with Crippen molar-refractivity contribution in [3.63, 3.8) is 0 Å². The molecule has 0 bridgehead atoms. The van der Waals surface area contributed by atoms with Crippen LogP contribution in [0.4, 0.5) is 4.39 Å². The predicted octanol–water partition coefficient (Wildman–Crippen LogP) is 2.62. The van der Waals surface area contributed by atoms with Crippen molar-refractivity contribution in [2.75, 3.05) is 14.2 Å². The van der Waals surface area contributed by atoms with E-state index in [-0.39, 0.29) is 5.82 Å². The van der Waals surface area contributed by atoms with Crippen molar-refractivity contribution in [1.82, 2.24) is 10.3 Å². The maximum atomic E-state index is 13.8. The molecule has 0 fully saturated rings. The van der Waals surface area contributed by atoms with E-state index in [0.29, 0.717) is 17.0 Å². The molecule has 0 aliphatic carbocycles. The minimum absolute atomic E-state index is 0.330. The number of hydrogen-bond acceptors (Lipinski definition) is 3. The normalized spacial score (nSPS) is 10.4. The quantitative estimate of drug-likeness (QED) is 0.900. The molecule has 0 spiro atoms. The number of nitrogens with one attached hydrogen (secondary N) is 1. The van der Waals surface area contributed by atoms with Gasteiger partial charge in [0.25, 0.3) is 0 Å². The summed E-state index contributed by atoms with van der Waals surface area (Å²) >= 11 is 0. The molecule has 94 valence electrons. The number of aromatic nitrogens is 1. The van der Waals surface area contributed by atoms with Crippen molar-refractivity contribution in [3.8, 4) is 17.0 Å². The summed E-state index contributed by atoms with van der Waals surface area (Å²) in [4.78, 5) is 4.26. The van der Waals surface area contributed by atoms with E-state index in [1.807, 2.05) is 19.2 Å². The number of benzene rings is 1. The molecular formula is C14H15FN2O. The molecule has 0 atom stereocenters. The Bertz CT molecular complexity index is 526. The lowest BCUT2D eigenvalue weighted by atomic mass is 10.1. The zero-order chi connectivity index (χ0) is 13.0. The third kappa shape index (κ3) is 2.65. The highest BCUT2D eigenvalue weighted by atomic mass is 19.1. The maximum absolute atomic E-state index is 13.8. The van der Waals surface area contributed by atoms with Crippen LogP contribution in [0.3, 0.4) is 0 Å². The molecule has 1 N–H and O–H groups in total. The fourth-order valence-corrected chi connectivity index (χ4v) is 1.72. The standard InChI is InChI=1S/C14H15FN2O/c1-16-8-10-3-6-14(17-9-10)12-5-4-11(18-2)7-13(12)15/h3-7,9,16H,8H2,1-2H3. The number of pyridine rings is 1. The first kappa shape index (κ1) is 12.5. The first-order valence-electron chi connectivity index (χ1n) is 5.68. The molecule has 1 aromatic carbocycles. The van der Waals surface area contributed by atoms with Gasteiger partial charge in [-0.2, -0.15) is 0 Å². The van der Waals surface area contributed by atoms with Crippen molar-refractivity contribution < 1.29 is 9.13 Å². The number of ether oxygens (including phenoxy) is 1. The molecule has 2 rings (SSSR count). The minimum Gasteiger partial charge on any atom is -0.497 e. The molecular weight excluding hydrogens is 231 g/mol. The van der Waals surface area contributed by atoms with Crippen LogP contribution in [-0.4, -0.2) is 19.1 Å². The van der Waals surface area contributed by atoms with Crippen LogP contribution in [0.5, 0.6) is 5.75 Å². The average molecular weight is 246 g/mol. The van der Waals surface area contributed by atoms with E-state index in [2.05, 4.69) is 10.3 Å². The second-order valence-electron chi connectivity index (χ2n) is 3.93. The summed E-state index contributed by atoms with van der Waals surface area (Å²) in [5.41, 5.74) is 2.16. The summed E-state index contributed by atoms with van der Waals surface area (Å²) in [6.45, 7) is 0.748. The Kier molecular flexibility index (Phi) is 3.89. The Morgan fingerprint density at radius 1 is 1.28 bits per heavy atom. The topological polar surface area (TPSA) is 34.1 Å². The van der Waals surface area contributed by atoms with Gasteiger partial charge in [0, 0.05) is 24.4 Å². The lowest BCUT2D eigenvalue weighted by Gasteiger charge is -2.06. The Balaban J connectivity index is 2.30. The van der Waals surface area contributed by atoms with Crippen LogP contribution in [0.25, 0.3) is 11.3 Å². The summed E-state index contributed by atoms with van der Waals surface area (Å²) in [5.74, 6) is 0.172. The molecule has 0 radical (unpaired) electrons. The molecule has 0 amide bonds. The van der Waals surface area contributed by atoms with Crippen LogP contribution in [0.1, 0.15) is 5.56 Å². The molecule has 2 aromatic rings. The number of nitrogens with zero attached hydrogens (tertiary/aromatic N) is 1. The van der Waals surface area contributed by atoms with Crippen LogP contribution < -0.4 is 10.1 Å². The molecule has 18 heavy (non-hydrogen) atoms. The van der Waals surface area contributed by atoms with Crippen LogP contribution in [0, 0.1) is 5.82 Å². The summed E-state index contributed by atoms with van der Waals surface area (Å²) in [7, 11) is 3.39. The second-order valence-corrected chi connectivity index (χ2v) is 3.93. The van der Waals surface area contributed by atoms with E-state index >= 15 is 0 Å². The molecule has 0 aliphatic heterocycles. The van der Waals surface area contributed by atoms with Crippen LogP contribution in [-0.2, 0) is 6.54 Å². The van der Waals surface area contributed by atoms with Crippen LogP contribution in [0.15, 0.2) is 36.5 Å². The highest BCUT2D eigenvalue weighted by molar-refractivity contribution is 5.61. The SMILES string of the molecule is CNCc1ccc(-c2ccc(OC)cc2F)nc1. The number of rotatable bonds is 4. The lowest BCUT2D eigenvalue weighted by Crippen LogP contribution is -2.05. The monoisotopic (exact) mass is 246 g/mol. The Labute approximate surface area is 106 Å². The zero-order valence-corrected chi connectivity index (χ0v) is 10.4. The van der Waals surface area contributed by atoms with Crippen LogP contribution in [0.2, 0.25) is 0 Å². The molecule has 0 unspecified atom stereocenters. The van der Waals surface area contributed by atoms with Gasteiger partial charge < -0.3 is 10.1 Å². The number of methoxy groups -OCH3 is 1. The summed E-state index contributed by atoms with van der Waals surface area (Å²) in [6.07, 6.45) is 1.75. The molecule has 0 saturated heterocycles. The Morgan fingerprint density at radius 3 is 2.67 bits per heavy atom. The van der Waals surface area contributed by atoms with Crippen LogP contribution >= 0.6 is 0 Å². The van der Waals surface area contributed by atoms with E-state index in [9.17, 15) is 4.39 Å². The number of halogens is 1. The summed E-state index contributed by atoms with van der Waals surface area (Å²) in [5, 5.41) is 3.04. The summed E-state index contributed by atoms with van der Waals surface area (Å²) in [6, 6.07) is 8.51. The fraction of sp³-hybridized carbons (Fsp3) is 0.214. The van der Waals surface area contributed by atoms with Gasteiger partial charge in [0.2, 0.25) is 0 Å². The molecule has 1 heterocycles. The Morgan fingerprint density at radius 2 is 2.11 bits per heavy atom. The third-order valence-electron chi connectivity index (χ3n) is 2.66.